The Labute approximate surface area is 80.8 Å². The first-order chi connectivity index (χ1) is 6.22. The third-order valence-corrected chi connectivity index (χ3v) is 1.22. The number of hydrogen-bond donors (Lipinski definition) is 1. The van der Waals surface area contributed by atoms with Gasteiger partial charge in [0.15, 0.2) is 0 Å². The molecule has 1 nitrogen and oxygen atoms in total. The summed E-state index contributed by atoms with van der Waals surface area (Å²) in [4.78, 5) is 0. The maximum atomic E-state index is 12.6. The van der Waals surface area contributed by atoms with Gasteiger partial charge in [-0.3, -0.25) is 0 Å². The van der Waals surface area contributed by atoms with Crippen molar-refractivity contribution in [3.63, 3.8) is 0 Å². The van der Waals surface area contributed by atoms with Gasteiger partial charge in [-0.25, -0.2) is 4.39 Å². The molecule has 0 atom stereocenters. The third-order valence-electron chi connectivity index (χ3n) is 1.22. The van der Waals surface area contributed by atoms with Crippen molar-refractivity contribution in [2.24, 2.45) is 0 Å². The molecule has 0 fully saturated rings. The van der Waals surface area contributed by atoms with Gasteiger partial charge in [-0.15, -0.1) is 0 Å². The molecule has 0 amide bonds. The molecule has 0 spiro atoms. The fourth-order valence-electron chi connectivity index (χ4n) is 0.670. The average Bonchev–Trinajstić information content (AvgIpc) is 2.20. The van der Waals surface area contributed by atoms with Gasteiger partial charge in [0, 0.05) is 0 Å². The van der Waals surface area contributed by atoms with E-state index in [1.807, 2.05) is 27.7 Å². The van der Waals surface area contributed by atoms with Crippen LogP contribution >= 0.6 is 0 Å². The summed E-state index contributed by atoms with van der Waals surface area (Å²) in [5.41, 5.74) is 6.06. The second-order valence-corrected chi connectivity index (χ2v) is 1.98. The fraction of sp³-hybridized carbons (Fsp3) is 0.455. The lowest BCUT2D eigenvalue weighted by Crippen LogP contribution is -1.91. The van der Waals surface area contributed by atoms with Gasteiger partial charge in [-0.05, 0) is 18.6 Å². The lowest BCUT2D eigenvalue weighted by Gasteiger charge is -1.96. The zero-order valence-electron chi connectivity index (χ0n) is 9.19. The average molecular weight is 185 g/mol. The number of halogens is 1. The van der Waals surface area contributed by atoms with E-state index in [0.29, 0.717) is 5.56 Å². The van der Waals surface area contributed by atoms with Crippen LogP contribution in [0.1, 0.15) is 33.3 Å². The molecule has 0 radical (unpaired) electrons. The third kappa shape index (κ3) is 5.23. The Morgan fingerprint density at radius 1 is 1.08 bits per heavy atom. The quantitative estimate of drug-likeness (QED) is 0.612. The van der Waals surface area contributed by atoms with Crippen LogP contribution in [0.15, 0.2) is 18.2 Å². The standard InChI is InChI=1S/C7H8FN.2C2H6/c1-5-3-2-4-6(9)7(5)8;2*1-2/h2-4H,9H2,1H3;2*1-2H3. The molecule has 1 aromatic carbocycles. The maximum absolute atomic E-state index is 12.6. The summed E-state index contributed by atoms with van der Waals surface area (Å²) in [6, 6.07) is 4.96. The molecule has 0 aliphatic heterocycles. The zero-order valence-corrected chi connectivity index (χ0v) is 9.19. The van der Waals surface area contributed by atoms with E-state index < -0.39 is 0 Å². The van der Waals surface area contributed by atoms with Crippen molar-refractivity contribution < 1.29 is 4.39 Å². The van der Waals surface area contributed by atoms with E-state index in [1.54, 1.807) is 25.1 Å². The minimum atomic E-state index is -0.308. The highest BCUT2D eigenvalue weighted by Gasteiger charge is 1.97. The Morgan fingerprint density at radius 3 is 1.85 bits per heavy atom. The van der Waals surface area contributed by atoms with Crippen LogP contribution in [-0.4, -0.2) is 0 Å². The summed E-state index contributed by atoms with van der Waals surface area (Å²) in [6.07, 6.45) is 0. The SMILES string of the molecule is CC.CC.Cc1cccc(N)c1F. The Bertz CT molecular complexity index is 201. The molecule has 13 heavy (non-hydrogen) atoms. The van der Waals surface area contributed by atoms with E-state index in [-0.39, 0.29) is 11.5 Å². The van der Waals surface area contributed by atoms with E-state index in [1.165, 1.54) is 0 Å². The lowest BCUT2D eigenvalue weighted by atomic mass is 10.2. The highest BCUT2D eigenvalue weighted by atomic mass is 19.1. The van der Waals surface area contributed by atoms with Crippen molar-refractivity contribution >= 4 is 5.69 Å². The molecule has 2 N–H and O–H groups in total. The predicted molar refractivity (Wildman–Crippen MR) is 58.2 cm³/mol. The monoisotopic (exact) mass is 185 g/mol. The van der Waals surface area contributed by atoms with Gasteiger partial charge >= 0.3 is 0 Å². The van der Waals surface area contributed by atoms with Gasteiger partial charge < -0.3 is 5.73 Å². The van der Waals surface area contributed by atoms with Gasteiger partial charge in [-0.2, -0.15) is 0 Å². The summed E-state index contributed by atoms with van der Waals surface area (Å²) >= 11 is 0. The molecule has 0 bridgehead atoms. The molecule has 1 rings (SSSR count). The summed E-state index contributed by atoms with van der Waals surface area (Å²) in [5, 5.41) is 0. The molecule has 0 aromatic heterocycles. The molecule has 0 aliphatic rings. The predicted octanol–water partition coefficient (Wildman–Crippen LogP) is 3.77. The topological polar surface area (TPSA) is 26.0 Å². The Balaban J connectivity index is 0. The Morgan fingerprint density at radius 2 is 1.54 bits per heavy atom. The summed E-state index contributed by atoms with van der Waals surface area (Å²) in [6.45, 7) is 9.69. The largest absolute Gasteiger partial charge is 0.396 e. The summed E-state index contributed by atoms with van der Waals surface area (Å²) in [5.74, 6) is -0.308. The van der Waals surface area contributed by atoms with Gasteiger partial charge in [0.25, 0.3) is 0 Å². The van der Waals surface area contributed by atoms with Crippen molar-refractivity contribution in [2.75, 3.05) is 5.73 Å². The highest BCUT2D eigenvalue weighted by Crippen LogP contribution is 2.12. The van der Waals surface area contributed by atoms with Crippen molar-refractivity contribution in [1.82, 2.24) is 0 Å². The normalized spacial score (nSPS) is 7.54. The van der Waals surface area contributed by atoms with E-state index in [4.69, 9.17) is 5.73 Å². The van der Waals surface area contributed by atoms with Crippen LogP contribution in [0.25, 0.3) is 0 Å². The van der Waals surface area contributed by atoms with Gasteiger partial charge in [-0.1, -0.05) is 39.8 Å². The zero-order chi connectivity index (χ0) is 10.9. The van der Waals surface area contributed by atoms with Crippen LogP contribution < -0.4 is 5.73 Å². The number of rotatable bonds is 0. The molecule has 0 heterocycles. The van der Waals surface area contributed by atoms with Crippen LogP contribution in [0.2, 0.25) is 0 Å². The second-order valence-electron chi connectivity index (χ2n) is 1.98. The van der Waals surface area contributed by atoms with Crippen molar-refractivity contribution in [2.45, 2.75) is 34.6 Å². The van der Waals surface area contributed by atoms with Crippen LogP contribution in [-0.2, 0) is 0 Å². The molecule has 2 heteroatoms. The maximum Gasteiger partial charge on any atom is 0.148 e. The van der Waals surface area contributed by atoms with Gasteiger partial charge in [0.2, 0.25) is 0 Å². The minimum absolute atomic E-state index is 0.218. The molecule has 76 valence electrons. The van der Waals surface area contributed by atoms with E-state index in [0.717, 1.165) is 0 Å². The number of hydrogen-bond acceptors (Lipinski definition) is 1. The van der Waals surface area contributed by atoms with Gasteiger partial charge in [0.05, 0.1) is 5.69 Å². The number of anilines is 1. The van der Waals surface area contributed by atoms with Crippen LogP contribution in [0.4, 0.5) is 10.1 Å². The number of nitrogen functional groups attached to an aromatic ring is 1. The summed E-state index contributed by atoms with van der Waals surface area (Å²) < 4.78 is 12.6. The van der Waals surface area contributed by atoms with E-state index >= 15 is 0 Å². The second kappa shape index (κ2) is 9.04. The van der Waals surface area contributed by atoms with E-state index in [9.17, 15) is 4.39 Å². The first kappa shape index (κ1) is 14.5. The molecular weight excluding hydrogens is 165 g/mol. The number of benzene rings is 1. The first-order valence-electron chi connectivity index (χ1n) is 4.72. The number of aryl methyl sites for hydroxylation is 1. The fourth-order valence-corrected chi connectivity index (χ4v) is 0.670. The van der Waals surface area contributed by atoms with Crippen LogP contribution in [0.3, 0.4) is 0 Å². The lowest BCUT2D eigenvalue weighted by molar-refractivity contribution is 0.623. The van der Waals surface area contributed by atoms with E-state index in [2.05, 4.69) is 0 Å². The van der Waals surface area contributed by atoms with Crippen molar-refractivity contribution in [1.29, 1.82) is 0 Å². The Kier molecular flexibility index (Phi) is 10.1. The molecule has 0 aliphatic carbocycles. The molecule has 1 aromatic rings. The van der Waals surface area contributed by atoms with Crippen molar-refractivity contribution in [3.05, 3.63) is 29.6 Å². The van der Waals surface area contributed by atoms with Crippen LogP contribution in [0.5, 0.6) is 0 Å². The summed E-state index contributed by atoms with van der Waals surface area (Å²) in [7, 11) is 0. The Hall–Kier alpha value is -1.05. The van der Waals surface area contributed by atoms with Gasteiger partial charge in [0.1, 0.15) is 5.82 Å². The molecule has 0 saturated heterocycles. The highest BCUT2D eigenvalue weighted by molar-refractivity contribution is 5.42. The first-order valence-corrected chi connectivity index (χ1v) is 4.72. The minimum Gasteiger partial charge on any atom is -0.396 e. The number of nitrogens with two attached hydrogens (primary N) is 1. The molecular formula is C11H20FN. The molecule has 0 unspecified atom stereocenters. The smallest absolute Gasteiger partial charge is 0.148 e. The van der Waals surface area contributed by atoms with Crippen LogP contribution in [0, 0.1) is 12.7 Å². The molecule has 0 saturated carbocycles. The van der Waals surface area contributed by atoms with Crippen molar-refractivity contribution in [3.8, 4) is 0 Å².